The van der Waals surface area contributed by atoms with Crippen LogP contribution in [-0.4, -0.2) is 59.6 Å². The number of amides is 2. The number of aromatic amines is 1. The SMILES string of the molecule is CC(CS(C)(=O)=O)NC(=O)NC(Cc1cnc[nH]1)C(=O)O. The number of hydrogen-bond acceptors (Lipinski definition) is 5. The van der Waals surface area contributed by atoms with Crippen molar-refractivity contribution in [2.75, 3.05) is 12.0 Å². The van der Waals surface area contributed by atoms with Crippen molar-refractivity contribution in [1.29, 1.82) is 0 Å². The quantitative estimate of drug-likeness (QED) is 0.515. The number of urea groups is 1. The van der Waals surface area contributed by atoms with Crippen molar-refractivity contribution in [1.82, 2.24) is 20.6 Å². The van der Waals surface area contributed by atoms with Gasteiger partial charge in [0.2, 0.25) is 0 Å². The Balaban J connectivity index is 2.55. The monoisotopic (exact) mass is 318 g/mol. The van der Waals surface area contributed by atoms with Gasteiger partial charge in [0.1, 0.15) is 15.9 Å². The summed E-state index contributed by atoms with van der Waals surface area (Å²) in [5.41, 5.74) is 0.562. The summed E-state index contributed by atoms with van der Waals surface area (Å²) in [7, 11) is -3.23. The molecule has 2 amide bonds. The van der Waals surface area contributed by atoms with Gasteiger partial charge < -0.3 is 20.7 Å². The van der Waals surface area contributed by atoms with Gasteiger partial charge in [-0.05, 0) is 6.92 Å². The molecule has 4 N–H and O–H groups in total. The van der Waals surface area contributed by atoms with E-state index in [2.05, 4.69) is 20.6 Å². The Morgan fingerprint density at radius 3 is 2.57 bits per heavy atom. The van der Waals surface area contributed by atoms with Crippen LogP contribution in [0.25, 0.3) is 0 Å². The molecule has 118 valence electrons. The Morgan fingerprint density at radius 1 is 1.43 bits per heavy atom. The zero-order valence-corrected chi connectivity index (χ0v) is 12.5. The van der Waals surface area contributed by atoms with Gasteiger partial charge in [0.05, 0.1) is 12.1 Å². The van der Waals surface area contributed by atoms with Crippen molar-refractivity contribution in [2.24, 2.45) is 0 Å². The van der Waals surface area contributed by atoms with Gasteiger partial charge in [0, 0.05) is 30.6 Å². The van der Waals surface area contributed by atoms with Crippen LogP contribution in [0.15, 0.2) is 12.5 Å². The Morgan fingerprint density at radius 2 is 2.10 bits per heavy atom. The summed E-state index contributed by atoms with van der Waals surface area (Å²) in [5.74, 6) is -1.42. The van der Waals surface area contributed by atoms with E-state index in [1.807, 2.05) is 0 Å². The molecule has 9 nitrogen and oxygen atoms in total. The van der Waals surface area contributed by atoms with Crippen molar-refractivity contribution < 1.29 is 23.1 Å². The number of sulfone groups is 1. The maximum Gasteiger partial charge on any atom is 0.326 e. The van der Waals surface area contributed by atoms with Crippen LogP contribution in [0.3, 0.4) is 0 Å². The molecule has 0 aliphatic heterocycles. The second-order valence-corrected chi connectivity index (χ2v) is 6.97. The number of H-pyrrole nitrogens is 1. The average molecular weight is 318 g/mol. The molecule has 0 aliphatic carbocycles. The summed E-state index contributed by atoms with van der Waals surface area (Å²) in [4.78, 5) is 29.3. The first-order valence-corrected chi connectivity index (χ1v) is 8.18. The first-order chi connectivity index (χ1) is 9.67. The third-order valence-corrected chi connectivity index (χ3v) is 3.62. The summed E-state index contributed by atoms with van der Waals surface area (Å²) in [6, 6.07) is -2.50. The number of carboxylic acids is 1. The number of nitrogens with one attached hydrogen (secondary N) is 3. The highest BCUT2D eigenvalue weighted by molar-refractivity contribution is 7.90. The molecule has 0 bridgehead atoms. The first kappa shape index (κ1) is 17.0. The van der Waals surface area contributed by atoms with Gasteiger partial charge in [-0.25, -0.2) is 23.0 Å². The largest absolute Gasteiger partial charge is 0.480 e. The van der Waals surface area contributed by atoms with E-state index in [9.17, 15) is 18.0 Å². The second-order valence-electron chi connectivity index (χ2n) is 4.78. The van der Waals surface area contributed by atoms with Crippen molar-refractivity contribution in [3.8, 4) is 0 Å². The second kappa shape index (κ2) is 7.07. The number of carboxylic acid groups (broad SMARTS) is 1. The molecule has 1 heterocycles. The van der Waals surface area contributed by atoms with Gasteiger partial charge in [-0.1, -0.05) is 0 Å². The third kappa shape index (κ3) is 6.75. The number of aliphatic carboxylic acids is 1. The minimum absolute atomic E-state index is 0.0449. The molecule has 1 rings (SSSR count). The lowest BCUT2D eigenvalue weighted by atomic mass is 10.2. The van der Waals surface area contributed by atoms with Crippen molar-refractivity contribution in [2.45, 2.75) is 25.4 Å². The van der Waals surface area contributed by atoms with E-state index in [0.717, 1.165) is 6.26 Å². The highest BCUT2D eigenvalue weighted by Gasteiger charge is 2.22. The molecule has 0 aromatic carbocycles. The fourth-order valence-corrected chi connectivity index (χ4v) is 2.73. The summed E-state index contributed by atoms with van der Waals surface area (Å²) >= 11 is 0. The lowest BCUT2D eigenvalue weighted by Gasteiger charge is -2.17. The minimum Gasteiger partial charge on any atom is -0.480 e. The van der Waals surface area contributed by atoms with Gasteiger partial charge in [-0.2, -0.15) is 0 Å². The third-order valence-electron chi connectivity index (χ3n) is 2.51. The smallest absolute Gasteiger partial charge is 0.326 e. The van der Waals surface area contributed by atoms with Gasteiger partial charge >= 0.3 is 12.0 Å². The Labute approximate surface area is 122 Å². The highest BCUT2D eigenvalue weighted by Crippen LogP contribution is 1.99. The predicted octanol–water partition coefficient (Wildman–Crippen LogP) is -0.862. The molecule has 0 fully saturated rings. The maximum atomic E-state index is 11.7. The number of carbonyl (C=O) groups is 2. The zero-order valence-electron chi connectivity index (χ0n) is 11.7. The van der Waals surface area contributed by atoms with Gasteiger partial charge in [0.25, 0.3) is 0 Å². The standard InChI is InChI=1S/C11H18N4O5S/c1-7(5-21(2,19)20)14-11(18)15-9(10(16)17)3-8-4-12-6-13-8/h4,6-7,9H,3,5H2,1-2H3,(H,12,13)(H,16,17)(H2,14,15,18). The zero-order chi connectivity index (χ0) is 16.0. The van der Waals surface area contributed by atoms with Gasteiger partial charge in [0.15, 0.2) is 0 Å². The number of aromatic nitrogens is 2. The van der Waals surface area contributed by atoms with Gasteiger partial charge in [-0.15, -0.1) is 0 Å². The van der Waals surface area contributed by atoms with Gasteiger partial charge in [-0.3, -0.25) is 0 Å². The Bertz CT molecular complexity index is 584. The fraction of sp³-hybridized carbons (Fsp3) is 0.545. The molecule has 0 saturated heterocycles. The molecule has 0 aliphatic rings. The predicted molar refractivity (Wildman–Crippen MR) is 74.6 cm³/mol. The number of imidazole rings is 1. The molecule has 21 heavy (non-hydrogen) atoms. The minimum atomic E-state index is -3.23. The van der Waals surface area contributed by atoms with E-state index >= 15 is 0 Å². The summed E-state index contributed by atoms with van der Waals surface area (Å²) in [6.07, 6.45) is 3.97. The topological polar surface area (TPSA) is 141 Å². The molecule has 0 radical (unpaired) electrons. The molecule has 1 aromatic heterocycles. The molecule has 2 atom stereocenters. The van der Waals surface area contributed by atoms with Crippen molar-refractivity contribution in [3.05, 3.63) is 18.2 Å². The van der Waals surface area contributed by atoms with Crippen LogP contribution in [0.4, 0.5) is 4.79 Å². The Kier molecular flexibility index (Phi) is 5.70. The maximum absolute atomic E-state index is 11.7. The van der Waals surface area contributed by atoms with Crippen LogP contribution >= 0.6 is 0 Å². The number of carbonyl (C=O) groups excluding carboxylic acids is 1. The van der Waals surface area contributed by atoms with Crippen LogP contribution in [-0.2, 0) is 21.1 Å². The molecule has 10 heteroatoms. The van der Waals surface area contributed by atoms with Crippen molar-refractivity contribution >= 4 is 21.8 Å². The van der Waals surface area contributed by atoms with E-state index in [1.165, 1.54) is 19.4 Å². The van der Waals surface area contributed by atoms with Crippen LogP contribution in [0.1, 0.15) is 12.6 Å². The molecule has 0 spiro atoms. The van der Waals surface area contributed by atoms with E-state index < -0.39 is 33.9 Å². The summed E-state index contributed by atoms with van der Waals surface area (Å²) < 4.78 is 22.2. The van der Waals surface area contributed by atoms with E-state index in [-0.39, 0.29) is 12.2 Å². The van der Waals surface area contributed by atoms with Crippen LogP contribution in [0.2, 0.25) is 0 Å². The number of hydrogen-bond donors (Lipinski definition) is 4. The lowest BCUT2D eigenvalue weighted by Crippen LogP contribution is -2.50. The summed E-state index contributed by atoms with van der Waals surface area (Å²) in [5, 5.41) is 13.7. The lowest BCUT2D eigenvalue weighted by molar-refractivity contribution is -0.139. The molecule has 2 unspecified atom stereocenters. The van der Waals surface area contributed by atoms with Crippen molar-refractivity contribution in [3.63, 3.8) is 0 Å². The van der Waals surface area contributed by atoms with E-state index in [1.54, 1.807) is 0 Å². The summed E-state index contributed by atoms with van der Waals surface area (Å²) in [6.45, 7) is 1.52. The van der Waals surface area contributed by atoms with Crippen LogP contribution < -0.4 is 10.6 Å². The normalized spacial score (nSPS) is 14.2. The molecule has 0 saturated carbocycles. The molecular formula is C11H18N4O5S. The van der Waals surface area contributed by atoms with Crippen LogP contribution in [0.5, 0.6) is 0 Å². The first-order valence-electron chi connectivity index (χ1n) is 6.12. The van der Waals surface area contributed by atoms with E-state index in [0.29, 0.717) is 5.69 Å². The molecular weight excluding hydrogens is 300 g/mol. The average Bonchev–Trinajstić information content (AvgIpc) is 2.77. The fourth-order valence-electron chi connectivity index (χ4n) is 1.74. The number of nitrogens with zero attached hydrogens (tertiary/aromatic N) is 1. The Hall–Kier alpha value is -2.10. The van der Waals surface area contributed by atoms with Crippen LogP contribution in [0, 0.1) is 0 Å². The molecule has 1 aromatic rings. The van der Waals surface area contributed by atoms with E-state index in [4.69, 9.17) is 5.11 Å². The number of rotatable bonds is 7. The highest BCUT2D eigenvalue weighted by atomic mass is 32.2.